The Morgan fingerprint density at radius 1 is 1.00 bits per heavy atom. The predicted molar refractivity (Wildman–Crippen MR) is 69.4 cm³/mol. The molecule has 0 radical (unpaired) electrons. The molecular weight excluding hydrogens is 208 g/mol. The zero-order chi connectivity index (χ0) is 11.7. The summed E-state index contributed by atoms with van der Waals surface area (Å²) in [7, 11) is 0. The molecule has 1 heterocycles. The van der Waals surface area contributed by atoms with E-state index in [0.717, 1.165) is 12.2 Å². The number of benzene rings is 2. The van der Waals surface area contributed by atoms with E-state index in [4.69, 9.17) is 4.74 Å². The van der Waals surface area contributed by atoms with Crippen LogP contribution in [0.5, 0.6) is 5.75 Å². The first kappa shape index (κ1) is 10.4. The number of hydrogen-bond donors (Lipinski definition) is 0. The lowest BCUT2D eigenvalue weighted by atomic mass is 9.87. The summed E-state index contributed by atoms with van der Waals surface area (Å²) in [5.74, 6) is 1.50. The van der Waals surface area contributed by atoms with Crippen molar-refractivity contribution in [2.45, 2.75) is 25.9 Å². The Morgan fingerprint density at radius 2 is 1.71 bits per heavy atom. The standard InChI is InChI=1S/C16H16O/c1-2-13-14-8-4-3-7-12(14)11-17-16-10-6-5-9-15(13)16/h3-10,13H,2,11H2,1H3. The maximum Gasteiger partial charge on any atom is 0.123 e. The lowest BCUT2D eigenvalue weighted by Gasteiger charge is -2.16. The van der Waals surface area contributed by atoms with E-state index in [1.165, 1.54) is 16.7 Å². The van der Waals surface area contributed by atoms with E-state index >= 15 is 0 Å². The van der Waals surface area contributed by atoms with E-state index in [-0.39, 0.29) is 0 Å². The van der Waals surface area contributed by atoms with Gasteiger partial charge in [-0.2, -0.15) is 0 Å². The molecule has 2 aromatic rings. The smallest absolute Gasteiger partial charge is 0.123 e. The van der Waals surface area contributed by atoms with Crippen molar-refractivity contribution in [3.05, 3.63) is 65.2 Å². The summed E-state index contributed by atoms with van der Waals surface area (Å²) in [4.78, 5) is 0. The highest BCUT2D eigenvalue weighted by Gasteiger charge is 2.22. The second-order valence-electron chi connectivity index (χ2n) is 4.49. The Morgan fingerprint density at radius 3 is 2.53 bits per heavy atom. The van der Waals surface area contributed by atoms with Gasteiger partial charge in [-0.05, 0) is 23.6 Å². The number of hydrogen-bond acceptors (Lipinski definition) is 1. The van der Waals surface area contributed by atoms with Crippen LogP contribution in [0.2, 0.25) is 0 Å². The normalized spacial score (nSPS) is 17.6. The fraction of sp³-hybridized carbons (Fsp3) is 0.250. The van der Waals surface area contributed by atoms with E-state index < -0.39 is 0 Å². The van der Waals surface area contributed by atoms with E-state index in [9.17, 15) is 0 Å². The Labute approximate surface area is 102 Å². The van der Waals surface area contributed by atoms with Crippen LogP contribution in [0.4, 0.5) is 0 Å². The van der Waals surface area contributed by atoms with Gasteiger partial charge in [-0.3, -0.25) is 0 Å². The van der Waals surface area contributed by atoms with Gasteiger partial charge in [0.15, 0.2) is 0 Å². The van der Waals surface area contributed by atoms with Gasteiger partial charge in [0, 0.05) is 11.5 Å². The Kier molecular flexibility index (Phi) is 2.60. The molecule has 0 aliphatic carbocycles. The maximum absolute atomic E-state index is 5.91. The number of fused-ring (bicyclic) bond motifs is 2. The minimum Gasteiger partial charge on any atom is -0.489 e. The zero-order valence-electron chi connectivity index (χ0n) is 10.0. The molecule has 2 aromatic carbocycles. The van der Waals surface area contributed by atoms with Crippen molar-refractivity contribution in [2.24, 2.45) is 0 Å². The Bertz CT molecular complexity index is 483. The molecule has 1 heteroatoms. The first-order valence-electron chi connectivity index (χ1n) is 6.19. The van der Waals surface area contributed by atoms with E-state index in [1.807, 2.05) is 6.07 Å². The third-order valence-corrected chi connectivity index (χ3v) is 3.52. The fourth-order valence-corrected chi connectivity index (χ4v) is 2.67. The predicted octanol–water partition coefficient (Wildman–Crippen LogP) is 4.12. The van der Waals surface area contributed by atoms with Gasteiger partial charge in [-0.1, -0.05) is 49.4 Å². The molecule has 0 N–H and O–H groups in total. The number of rotatable bonds is 1. The minimum atomic E-state index is 0.463. The quantitative estimate of drug-likeness (QED) is 0.708. The molecule has 3 rings (SSSR count). The Balaban J connectivity index is 2.19. The highest BCUT2D eigenvalue weighted by molar-refractivity contribution is 5.46. The van der Waals surface area contributed by atoms with Crippen LogP contribution in [-0.2, 0) is 6.61 Å². The molecule has 1 aliphatic rings. The van der Waals surface area contributed by atoms with Gasteiger partial charge in [0.05, 0.1) is 0 Å². The summed E-state index contributed by atoms with van der Waals surface area (Å²) in [6.45, 7) is 2.92. The topological polar surface area (TPSA) is 9.23 Å². The summed E-state index contributed by atoms with van der Waals surface area (Å²) in [6, 6.07) is 17.0. The monoisotopic (exact) mass is 224 g/mol. The van der Waals surface area contributed by atoms with Gasteiger partial charge in [-0.25, -0.2) is 0 Å². The molecule has 17 heavy (non-hydrogen) atoms. The van der Waals surface area contributed by atoms with Crippen LogP contribution < -0.4 is 4.74 Å². The molecular formula is C16H16O. The molecule has 1 aliphatic heterocycles. The molecule has 0 spiro atoms. The van der Waals surface area contributed by atoms with Crippen molar-refractivity contribution in [2.75, 3.05) is 0 Å². The zero-order valence-corrected chi connectivity index (χ0v) is 10.0. The van der Waals surface area contributed by atoms with Gasteiger partial charge in [0.1, 0.15) is 12.4 Å². The number of para-hydroxylation sites is 1. The molecule has 86 valence electrons. The molecule has 0 aromatic heterocycles. The summed E-state index contributed by atoms with van der Waals surface area (Å²) < 4.78 is 5.91. The van der Waals surface area contributed by atoms with E-state index in [1.54, 1.807) is 0 Å². The Hall–Kier alpha value is -1.76. The summed E-state index contributed by atoms with van der Waals surface area (Å²) in [5.41, 5.74) is 4.05. The van der Waals surface area contributed by atoms with Crippen LogP contribution in [0.1, 0.15) is 36.0 Å². The van der Waals surface area contributed by atoms with E-state index in [0.29, 0.717) is 12.5 Å². The molecule has 0 bridgehead atoms. The van der Waals surface area contributed by atoms with Crippen LogP contribution in [0.25, 0.3) is 0 Å². The molecule has 0 amide bonds. The average molecular weight is 224 g/mol. The van der Waals surface area contributed by atoms with Crippen molar-refractivity contribution in [3.8, 4) is 5.75 Å². The lowest BCUT2D eigenvalue weighted by Crippen LogP contribution is -2.00. The van der Waals surface area contributed by atoms with Gasteiger partial charge < -0.3 is 4.74 Å². The highest BCUT2D eigenvalue weighted by Crippen LogP contribution is 2.38. The van der Waals surface area contributed by atoms with Crippen molar-refractivity contribution in [1.29, 1.82) is 0 Å². The minimum absolute atomic E-state index is 0.463. The second kappa shape index (κ2) is 4.25. The third kappa shape index (κ3) is 1.72. The highest BCUT2D eigenvalue weighted by atomic mass is 16.5. The van der Waals surface area contributed by atoms with Gasteiger partial charge >= 0.3 is 0 Å². The number of ether oxygens (including phenoxy) is 1. The van der Waals surface area contributed by atoms with Gasteiger partial charge in [0.25, 0.3) is 0 Å². The molecule has 1 unspecified atom stereocenters. The largest absolute Gasteiger partial charge is 0.489 e. The summed E-state index contributed by atoms with van der Waals surface area (Å²) in [5, 5.41) is 0. The second-order valence-corrected chi connectivity index (χ2v) is 4.49. The first-order chi connectivity index (χ1) is 8.40. The van der Waals surface area contributed by atoms with Crippen LogP contribution in [-0.4, -0.2) is 0 Å². The lowest BCUT2D eigenvalue weighted by molar-refractivity contribution is 0.306. The fourth-order valence-electron chi connectivity index (χ4n) is 2.67. The van der Waals surface area contributed by atoms with Gasteiger partial charge in [0.2, 0.25) is 0 Å². The van der Waals surface area contributed by atoms with Crippen molar-refractivity contribution < 1.29 is 4.74 Å². The third-order valence-electron chi connectivity index (χ3n) is 3.52. The SMILES string of the molecule is CCC1c2ccccc2COc2ccccc21. The molecule has 1 atom stereocenters. The molecule has 0 fully saturated rings. The van der Waals surface area contributed by atoms with E-state index in [2.05, 4.69) is 49.4 Å². The van der Waals surface area contributed by atoms with Crippen LogP contribution in [0, 0.1) is 0 Å². The summed E-state index contributed by atoms with van der Waals surface area (Å²) in [6.07, 6.45) is 1.11. The van der Waals surface area contributed by atoms with Crippen LogP contribution >= 0.6 is 0 Å². The molecule has 1 nitrogen and oxygen atoms in total. The maximum atomic E-state index is 5.91. The first-order valence-corrected chi connectivity index (χ1v) is 6.19. The van der Waals surface area contributed by atoms with Crippen molar-refractivity contribution >= 4 is 0 Å². The molecule has 0 saturated carbocycles. The van der Waals surface area contributed by atoms with Crippen LogP contribution in [0.15, 0.2) is 48.5 Å². The average Bonchev–Trinajstić information content (AvgIpc) is 2.55. The van der Waals surface area contributed by atoms with Crippen molar-refractivity contribution in [3.63, 3.8) is 0 Å². The van der Waals surface area contributed by atoms with Crippen molar-refractivity contribution in [1.82, 2.24) is 0 Å². The summed E-state index contributed by atoms with van der Waals surface area (Å²) >= 11 is 0. The van der Waals surface area contributed by atoms with Gasteiger partial charge in [-0.15, -0.1) is 0 Å². The van der Waals surface area contributed by atoms with Crippen LogP contribution in [0.3, 0.4) is 0 Å². The molecule has 0 saturated heterocycles.